The minimum Gasteiger partial charge on any atom is -0.352 e. The number of carbonyl (C=O) groups is 2. The highest BCUT2D eigenvalue weighted by Crippen LogP contribution is 2.23. The summed E-state index contributed by atoms with van der Waals surface area (Å²) in [5.74, 6) is -0.818. The highest BCUT2D eigenvalue weighted by atomic mass is 19.1. The van der Waals surface area contributed by atoms with Crippen molar-refractivity contribution in [3.8, 4) is 5.69 Å². The molecule has 7 heteroatoms. The van der Waals surface area contributed by atoms with Gasteiger partial charge in [0.2, 0.25) is 5.91 Å². The Labute approximate surface area is 164 Å². The van der Waals surface area contributed by atoms with Crippen LogP contribution >= 0.6 is 0 Å². The summed E-state index contributed by atoms with van der Waals surface area (Å²) >= 11 is 0. The van der Waals surface area contributed by atoms with Crippen LogP contribution in [0.5, 0.6) is 0 Å². The molecule has 1 heterocycles. The second-order valence-corrected chi connectivity index (χ2v) is 7.57. The van der Waals surface area contributed by atoms with E-state index in [-0.39, 0.29) is 36.1 Å². The van der Waals surface area contributed by atoms with E-state index in [1.807, 2.05) is 13.8 Å². The molecular weight excluding hydrogens is 359 g/mol. The van der Waals surface area contributed by atoms with Crippen LogP contribution in [0.15, 0.2) is 30.5 Å². The average Bonchev–Trinajstić information content (AvgIpc) is 3.13. The molecule has 0 atom stereocenters. The first-order chi connectivity index (χ1) is 13.5. The van der Waals surface area contributed by atoms with Gasteiger partial charge in [-0.05, 0) is 43.0 Å². The SMILES string of the molecule is CC(C)c1c(C(=O)NCC(=O)NC2CCCCC2)cnn1-c1ccc(F)cc1. The molecule has 1 aromatic carbocycles. The van der Waals surface area contributed by atoms with Crippen LogP contribution in [0.2, 0.25) is 0 Å². The number of carbonyl (C=O) groups excluding carboxylic acids is 2. The number of amides is 2. The lowest BCUT2D eigenvalue weighted by molar-refractivity contribution is -0.121. The second-order valence-electron chi connectivity index (χ2n) is 7.57. The smallest absolute Gasteiger partial charge is 0.255 e. The number of nitrogens with zero attached hydrogens (tertiary/aromatic N) is 2. The molecule has 2 N–H and O–H groups in total. The fourth-order valence-electron chi connectivity index (χ4n) is 3.66. The molecule has 6 nitrogen and oxygen atoms in total. The molecule has 28 heavy (non-hydrogen) atoms. The molecule has 0 bridgehead atoms. The van der Waals surface area contributed by atoms with Gasteiger partial charge in [-0.1, -0.05) is 33.1 Å². The predicted molar refractivity (Wildman–Crippen MR) is 105 cm³/mol. The Balaban J connectivity index is 1.67. The van der Waals surface area contributed by atoms with Crippen LogP contribution in [-0.4, -0.2) is 34.2 Å². The highest BCUT2D eigenvalue weighted by Gasteiger charge is 2.22. The van der Waals surface area contributed by atoms with Crippen molar-refractivity contribution in [2.75, 3.05) is 6.54 Å². The molecule has 2 aromatic rings. The number of benzene rings is 1. The van der Waals surface area contributed by atoms with Gasteiger partial charge in [0.15, 0.2) is 0 Å². The molecule has 2 amide bonds. The van der Waals surface area contributed by atoms with Gasteiger partial charge >= 0.3 is 0 Å². The van der Waals surface area contributed by atoms with E-state index < -0.39 is 0 Å². The number of hydrogen-bond acceptors (Lipinski definition) is 3. The lowest BCUT2D eigenvalue weighted by Crippen LogP contribution is -2.42. The average molecular weight is 386 g/mol. The quantitative estimate of drug-likeness (QED) is 0.800. The lowest BCUT2D eigenvalue weighted by Gasteiger charge is -2.22. The summed E-state index contributed by atoms with van der Waals surface area (Å²) in [5, 5.41) is 9.99. The number of hydrogen-bond donors (Lipinski definition) is 2. The van der Waals surface area contributed by atoms with Crippen molar-refractivity contribution in [1.29, 1.82) is 0 Å². The van der Waals surface area contributed by atoms with Gasteiger partial charge in [-0.3, -0.25) is 9.59 Å². The van der Waals surface area contributed by atoms with Crippen LogP contribution in [0, 0.1) is 5.82 Å². The first-order valence-electron chi connectivity index (χ1n) is 9.87. The van der Waals surface area contributed by atoms with Crippen LogP contribution in [0.1, 0.15) is 67.9 Å². The molecule has 3 rings (SSSR count). The van der Waals surface area contributed by atoms with Crippen molar-refractivity contribution in [3.63, 3.8) is 0 Å². The Morgan fingerprint density at radius 3 is 2.50 bits per heavy atom. The van der Waals surface area contributed by atoms with E-state index >= 15 is 0 Å². The molecule has 1 saturated carbocycles. The zero-order valence-corrected chi connectivity index (χ0v) is 16.4. The van der Waals surface area contributed by atoms with Crippen LogP contribution in [0.4, 0.5) is 4.39 Å². The maximum Gasteiger partial charge on any atom is 0.255 e. The number of nitrogens with one attached hydrogen (secondary N) is 2. The van der Waals surface area contributed by atoms with Gasteiger partial charge in [0.1, 0.15) is 5.82 Å². The first-order valence-corrected chi connectivity index (χ1v) is 9.87. The third-order valence-electron chi connectivity index (χ3n) is 5.05. The lowest BCUT2D eigenvalue weighted by atomic mass is 9.95. The van der Waals surface area contributed by atoms with Crippen molar-refractivity contribution in [3.05, 3.63) is 47.5 Å². The number of aromatic nitrogens is 2. The van der Waals surface area contributed by atoms with E-state index in [1.165, 1.54) is 24.8 Å². The third-order valence-corrected chi connectivity index (χ3v) is 5.05. The van der Waals surface area contributed by atoms with Gasteiger partial charge in [-0.2, -0.15) is 5.10 Å². The fraction of sp³-hybridized carbons (Fsp3) is 0.476. The van der Waals surface area contributed by atoms with Crippen molar-refractivity contribution >= 4 is 11.8 Å². The van der Waals surface area contributed by atoms with Crippen LogP contribution < -0.4 is 10.6 Å². The zero-order chi connectivity index (χ0) is 20.1. The van der Waals surface area contributed by atoms with Crippen LogP contribution in [-0.2, 0) is 4.79 Å². The summed E-state index contributed by atoms with van der Waals surface area (Å²) in [6.07, 6.45) is 6.99. The predicted octanol–water partition coefficient (Wildman–Crippen LogP) is 3.31. The Kier molecular flexibility index (Phi) is 6.44. The van der Waals surface area contributed by atoms with Crippen LogP contribution in [0.3, 0.4) is 0 Å². The van der Waals surface area contributed by atoms with E-state index in [4.69, 9.17) is 0 Å². The van der Waals surface area contributed by atoms with Gasteiger partial charge in [0.25, 0.3) is 5.91 Å². The van der Waals surface area contributed by atoms with E-state index in [2.05, 4.69) is 15.7 Å². The minimum atomic E-state index is -0.337. The van der Waals surface area contributed by atoms with Crippen molar-refractivity contribution < 1.29 is 14.0 Å². The standard InChI is InChI=1S/C21H27FN4O2/c1-14(2)20-18(12-24-26(20)17-10-8-15(22)9-11-17)21(28)23-13-19(27)25-16-6-4-3-5-7-16/h8-12,14,16H,3-7,13H2,1-2H3,(H,23,28)(H,25,27). The van der Waals surface area contributed by atoms with Crippen molar-refractivity contribution in [1.82, 2.24) is 20.4 Å². The Morgan fingerprint density at radius 2 is 1.86 bits per heavy atom. The molecule has 1 aliphatic rings. The van der Waals surface area contributed by atoms with Gasteiger partial charge in [0, 0.05) is 6.04 Å². The largest absolute Gasteiger partial charge is 0.352 e. The number of halogens is 1. The normalized spacial score (nSPS) is 14.9. The molecule has 0 saturated heterocycles. The van der Waals surface area contributed by atoms with Gasteiger partial charge in [0.05, 0.1) is 29.7 Å². The molecule has 0 spiro atoms. The molecular formula is C21H27FN4O2. The summed E-state index contributed by atoms with van der Waals surface area (Å²) in [4.78, 5) is 24.8. The molecule has 1 fully saturated rings. The highest BCUT2D eigenvalue weighted by molar-refractivity contribution is 5.97. The molecule has 0 radical (unpaired) electrons. The van der Waals surface area contributed by atoms with Crippen molar-refractivity contribution in [2.45, 2.75) is 57.9 Å². The summed E-state index contributed by atoms with van der Waals surface area (Å²) in [6.45, 7) is 3.86. The molecule has 1 aromatic heterocycles. The summed E-state index contributed by atoms with van der Waals surface area (Å²) in [5.41, 5.74) is 1.82. The van der Waals surface area contributed by atoms with Crippen LogP contribution in [0.25, 0.3) is 5.69 Å². The van der Waals surface area contributed by atoms with Gasteiger partial charge < -0.3 is 10.6 Å². The first kappa shape index (κ1) is 20.0. The van der Waals surface area contributed by atoms with Crippen molar-refractivity contribution in [2.24, 2.45) is 0 Å². The topological polar surface area (TPSA) is 76.0 Å². The molecule has 0 unspecified atom stereocenters. The van der Waals surface area contributed by atoms with E-state index in [0.29, 0.717) is 11.3 Å². The van der Waals surface area contributed by atoms with E-state index in [9.17, 15) is 14.0 Å². The second kappa shape index (κ2) is 8.99. The number of rotatable bonds is 6. The van der Waals surface area contributed by atoms with Gasteiger partial charge in [-0.15, -0.1) is 0 Å². The summed E-state index contributed by atoms with van der Waals surface area (Å²) in [7, 11) is 0. The molecule has 150 valence electrons. The Bertz CT molecular complexity index is 823. The summed E-state index contributed by atoms with van der Waals surface area (Å²) < 4.78 is 14.8. The minimum absolute atomic E-state index is 0.0179. The third kappa shape index (κ3) is 4.77. The fourth-order valence-corrected chi connectivity index (χ4v) is 3.66. The van der Waals surface area contributed by atoms with E-state index in [0.717, 1.165) is 31.4 Å². The Morgan fingerprint density at radius 1 is 1.18 bits per heavy atom. The van der Waals surface area contributed by atoms with Gasteiger partial charge in [-0.25, -0.2) is 9.07 Å². The zero-order valence-electron chi connectivity index (χ0n) is 16.4. The molecule has 0 aliphatic heterocycles. The Hall–Kier alpha value is -2.70. The summed E-state index contributed by atoms with van der Waals surface area (Å²) in [6, 6.07) is 6.17. The molecule has 1 aliphatic carbocycles. The van der Waals surface area contributed by atoms with E-state index in [1.54, 1.807) is 16.8 Å². The monoisotopic (exact) mass is 386 g/mol. The maximum absolute atomic E-state index is 13.2. The maximum atomic E-state index is 13.2.